The minimum Gasteiger partial charge on any atom is -0.456 e. The molecule has 2 aromatic carbocycles. The van der Waals surface area contributed by atoms with Gasteiger partial charge in [-0.25, -0.2) is 0 Å². The van der Waals surface area contributed by atoms with E-state index in [0.29, 0.717) is 13.1 Å². The molecule has 0 radical (unpaired) electrons. The molecule has 0 amide bonds. The lowest BCUT2D eigenvalue weighted by Crippen LogP contribution is -2.02. The van der Waals surface area contributed by atoms with Crippen LogP contribution in [0.15, 0.2) is 65.1 Å². The van der Waals surface area contributed by atoms with Crippen molar-refractivity contribution in [2.45, 2.75) is 12.8 Å². The lowest BCUT2D eigenvalue weighted by Gasteiger charge is -2.03. The van der Waals surface area contributed by atoms with Gasteiger partial charge >= 0.3 is 0 Å². The van der Waals surface area contributed by atoms with Crippen molar-refractivity contribution in [3.05, 3.63) is 71.8 Å². The highest BCUT2D eigenvalue weighted by Crippen LogP contribution is 2.29. The molecule has 1 aromatic heterocycles. The summed E-state index contributed by atoms with van der Waals surface area (Å²) in [5.74, 6) is 1.76. The van der Waals surface area contributed by atoms with Crippen molar-refractivity contribution in [2.75, 3.05) is 13.1 Å². The fraction of sp³-hybridized carbons (Fsp3) is 0.200. The van der Waals surface area contributed by atoms with E-state index >= 15 is 0 Å². The summed E-state index contributed by atoms with van der Waals surface area (Å²) in [6, 6.07) is 20.7. The molecule has 1 heterocycles. The van der Waals surface area contributed by atoms with E-state index in [-0.39, 0.29) is 0 Å². The lowest BCUT2D eigenvalue weighted by atomic mass is 10.1. The van der Waals surface area contributed by atoms with E-state index < -0.39 is 0 Å². The first-order valence-corrected chi connectivity index (χ1v) is 7.99. The highest BCUT2D eigenvalue weighted by molar-refractivity contribution is 5.65. The molecule has 4 N–H and O–H groups in total. The van der Waals surface area contributed by atoms with Crippen molar-refractivity contribution >= 4 is 0 Å². The van der Waals surface area contributed by atoms with Gasteiger partial charge in [0.1, 0.15) is 11.5 Å². The third-order valence-corrected chi connectivity index (χ3v) is 3.90. The van der Waals surface area contributed by atoms with Gasteiger partial charge in [-0.15, -0.1) is 0 Å². The van der Waals surface area contributed by atoms with Crippen molar-refractivity contribution in [2.24, 2.45) is 11.5 Å². The van der Waals surface area contributed by atoms with Crippen LogP contribution in [0, 0.1) is 0 Å². The minimum atomic E-state index is 0.654. The smallest absolute Gasteiger partial charge is 0.134 e. The number of hydrogen-bond donors (Lipinski definition) is 2. The van der Waals surface area contributed by atoms with Crippen LogP contribution in [0.25, 0.3) is 22.6 Å². The Bertz CT molecular complexity index is 713. The summed E-state index contributed by atoms with van der Waals surface area (Å²) >= 11 is 0. The third kappa shape index (κ3) is 3.70. The van der Waals surface area contributed by atoms with E-state index in [1.807, 2.05) is 24.3 Å². The molecule has 3 rings (SSSR count). The fourth-order valence-electron chi connectivity index (χ4n) is 2.74. The molecule has 0 aliphatic rings. The van der Waals surface area contributed by atoms with Crippen LogP contribution in [0.3, 0.4) is 0 Å². The fourth-order valence-corrected chi connectivity index (χ4v) is 2.74. The largest absolute Gasteiger partial charge is 0.456 e. The Morgan fingerprint density at radius 2 is 1.13 bits per heavy atom. The van der Waals surface area contributed by atoms with Crippen LogP contribution in [-0.2, 0) is 12.8 Å². The Morgan fingerprint density at radius 1 is 0.652 bits per heavy atom. The van der Waals surface area contributed by atoms with Gasteiger partial charge in [-0.05, 0) is 61.3 Å². The minimum absolute atomic E-state index is 0.654. The van der Waals surface area contributed by atoms with Gasteiger partial charge in [0.2, 0.25) is 0 Å². The van der Waals surface area contributed by atoms with Crippen LogP contribution >= 0.6 is 0 Å². The summed E-state index contributed by atoms with van der Waals surface area (Å²) < 4.78 is 6.06. The Kier molecular flexibility index (Phi) is 4.91. The maximum atomic E-state index is 6.06. The first-order chi connectivity index (χ1) is 11.3. The number of rotatable bonds is 6. The van der Waals surface area contributed by atoms with E-state index in [1.165, 1.54) is 11.1 Å². The predicted molar refractivity (Wildman–Crippen MR) is 95.1 cm³/mol. The Balaban J connectivity index is 1.88. The summed E-state index contributed by atoms with van der Waals surface area (Å²) in [6.07, 6.45) is 1.76. The second-order valence-electron chi connectivity index (χ2n) is 5.64. The predicted octanol–water partition coefficient (Wildman–Crippen LogP) is 3.62. The van der Waals surface area contributed by atoms with E-state index in [0.717, 1.165) is 35.5 Å². The highest BCUT2D eigenvalue weighted by Gasteiger charge is 2.08. The zero-order valence-corrected chi connectivity index (χ0v) is 13.2. The average molecular weight is 306 g/mol. The molecule has 0 bridgehead atoms. The molecule has 0 aliphatic heterocycles. The molecule has 0 saturated carbocycles. The maximum Gasteiger partial charge on any atom is 0.134 e. The van der Waals surface area contributed by atoms with Crippen LogP contribution in [0.1, 0.15) is 11.1 Å². The Labute approximate surface area is 136 Å². The Morgan fingerprint density at radius 3 is 1.57 bits per heavy atom. The molecule has 0 aliphatic carbocycles. The van der Waals surface area contributed by atoms with Gasteiger partial charge in [-0.3, -0.25) is 0 Å². The van der Waals surface area contributed by atoms with E-state index in [1.54, 1.807) is 0 Å². The molecule has 3 heteroatoms. The van der Waals surface area contributed by atoms with Crippen molar-refractivity contribution in [3.8, 4) is 22.6 Å². The number of hydrogen-bond acceptors (Lipinski definition) is 3. The summed E-state index contributed by atoms with van der Waals surface area (Å²) in [4.78, 5) is 0. The van der Waals surface area contributed by atoms with Gasteiger partial charge in [0.25, 0.3) is 0 Å². The molecule has 0 saturated heterocycles. The van der Waals surface area contributed by atoms with Gasteiger partial charge in [-0.2, -0.15) is 0 Å². The number of benzene rings is 2. The van der Waals surface area contributed by atoms with Crippen molar-refractivity contribution in [3.63, 3.8) is 0 Å². The normalized spacial score (nSPS) is 10.9. The van der Waals surface area contributed by atoms with Crippen molar-refractivity contribution < 1.29 is 4.42 Å². The van der Waals surface area contributed by atoms with Gasteiger partial charge in [0, 0.05) is 11.1 Å². The molecule has 23 heavy (non-hydrogen) atoms. The topological polar surface area (TPSA) is 65.2 Å². The summed E-state index contributed by atoms with van der Waals surface area (Å²) in [5.41, 5.74) is 15.9. The van der Waals surface area contributed by atoms with Crippen molar-refractivity contribution in [1.29, 1.82) is 0 Å². The number of furan rings is 1. The molecule has 0 fully saturated rings. The molecule has 0 spiro atoms. The second kappa shape index (κ2) is 7.27. The number of nitrogens with two attached hydrogens (primary N) is 2. The van der Waals surface area contributed by atoms with Crippen LogP contribution < -0.4 is 11.5 Å². The first-order valence-electron chi connectivity index (χ1n) is 7.99. The van der Waals surface area contributed by atoms with E-state index in [9.17, 15) is 0 Å². The van der Waals surface area contributed by atoms with Crippen LogP contribution in [0.4, 0.5) is 0 Å². The second-order valence-corrected chi connectivity index (χ2v) is 5.64. The monoisotopic (exact) mass is 306 g/mol. The zero-order chi connectivity index (χ0) is 16.1. The van der Waals surface area contributed by atoms with Gasteiger partial charge in [0.05, 0.1) is 0 Å². The summed E-state index contributed by atoms with van der Waals surface area (Å²) in [5, 5.41) is 0. The molecular weight excluding hydrogens is 284 g/mol. The van der Waals surface area contributed by atoms with Crippen molar-refractivity contribution in [1.82, 2.24) is 0 Å². The van der Waals surface area contributed by atoms with Crippen LogP contribution in [-0.4, -0.2) is 13.1 Å². The van der Waals surface area contributed by atoms with Gasteiger partial charge < -0.3 is 15.9 Å². The molecule has 0 atom stereocenters. The molecule has 3 aromatic rings. The lowest BCUT2D eigenvalue weighted by molar-refractivity contribution is 0.597. The highest BCUT2D eigenvalue weighted by atomic mass is 16.3. The van der Waals surface area contributed by atoms with Gasteiger partial charge in [0.15, 0.2) is 0 Å². The summed E-state index contributed by atoms with van der Waals surface area (Å²) in [6.45, 7) is 1.31. The maximum absolute atomic E-state index is 6.06. The quantitative estimate of drug-likeness (QED) is 0.731. The third-order valence-electron chi connectivity index (χ3n) is 3.90. The average Bonchev–Trinajstić information content (AvgIpc) is 3.06. The molecule has 0 unspecified atom stereocenters. The summed E-state index contributed by atoms with van der Waals surface area (Å²) in [7, 11) is 0. The van der Waals surface area contributed by atoms with Crippen LogP contribution in [0.5, 0.6) is 0 Å². The first kappa shape index (κ1) is 15.5. The molecular formula is C20H22N2O. The zero-order valence-electron chi connectivity index (χ0n) is 13.2. The Hall–Kier alpha value is -2.36. The molecule has 118 valence electrons. The van der Waals surface area contributed by atoms with E-state index in [2.05, 4.69) is 36.4 Å². The molecule has 3 nitrogen and oxygen atoms in total. The van der Waals surface area contributed by atoms with Gasteiger partial charge in [-0.1, -0.05) is 36.4 Å². The van der Waals surface area contributed by atoms with E-state index in [4.69, 9.17) is 15.9 Å². The SMILES string of the molecule is NCCc1cccc(-c2ccc(-c3cccc(CCN)c3)o2)c1. The standard InChI is InChI=1S/C20H22N2O/c21-11-9-15-3-1-5-17(13-15)19-7-8-20(23-19)18-6-2-4-16(14-18)10-12-22/h1-8,13-14H,9-12,21-22H2. The van der Waals surface area contributed by atoms with Crippen LogP contribution in [0.2, 0.25) is 0 Å².